The highest BCUT2D eigenvalue weighted by Gasteiger charge is 2.06. The Bertz CT molecular complexity index is 471. The van der Waals surface area contributed by atoms with Gasteiger partial charge in [0.25, 0.3) is 0 Å². The van der Waals surface area contributed by atoms with Gasteiger partial charge in [0.1, 0.15) is 6.61 Å². The standard InChI is InChI=1S/C12H15FN4O/c1-4-6-18-12-14-8-10(13)11(16-12)17-15-7-9(3)5-2/h4,7-8H,1,5-6H2,2-3H3/b9-7+,17-15?. The van der Waals surface area contributed by atoms with Crippen molar-refractivity contribution in [3.8, 4) is 6.01 Å². The van der Waals surface area contributed by atoms with E-state index in [9.17, 15) is 4.39 Å². The zero-order valence-electron chi connectivity index (χ0n) is 10.4. The van der Waals surface area contributed by atoms with Gasteiger partial charge < -0.3 is 4.74 Å². The van der Waals surface area contributed by atoms with Crippen LogP contribution in [0.5, 0.6) is 6.01 Å². The van der Waals surface area contributed by atoms with E-state index in [-0.39, 0.29) is 18.4 Å². The third-order valence-electron chi connectivity index (χ3n) is 2.02. The highest BCUT2D eigenvalue weighted by molar-refractivity contribution is 5.27. The lowest BCUT2D eigenvalue weighted by molar-refractivity contribution is 0.331. The fourth-order valence-corrected chi connectivity index (χ4v) is 0.889. The Balaban J connectivity index is 2.83. The molecule has 0 aromatic carbocycles. The van der Waals surface area contributed by atoms with Crippen LogP contribution in [0.15, 0.2) is 40.9 Å². The quantitative estimate of drug-likeness (QED) is 0.572. The molecule has 0 atom stereocenters. The second-order valence-corrected chi connectivity index (χ2v) is 3.47. The molecule has 96 valence electrons. The molecular formula is C12H15FN4O. The zero-order valence-corrected chi connectivity index (χ0v) is 10.4. The maximum atomic E-state index is 13.3. The minimum absolute atomic E-state index is 0.0430. The molecule has 0 bridgehead atoms. The molecule has 0 saturated carbocycles. The Labute approximate surface area is 105 Å². The van der Waals surface area contributed by atoms with Gasteiger partial charge >= 0.3 is 6.01 Å². The van der Waals surface area contributed by atoms with Crippen molar-refractivity contribution in [2.45, 2.75) is 20.3 Å². The lowest BCUT2D eigenvalue weighted by Gasteiger charge is -2.00. The van der Waals surface area contributed by atoms with Gasteiger partial charge in [-0.2, -0.15) is 10.1 Å². The van der Waals surface area contributed by atoms with Crippen molar-refractivity contribution in [3.05, 3.63) is 36.4 Å². The molecule has 1 heterocycles. The van der Waals surface area contributed by atoms with Crippen molar-refractivity contribution >= 4 is 5.82 Å². The van der Waals surface area contributed by atoms with Gasteiger partial charge in [0.15, 0.2) is 5.82 Å². The largest absolute Gasteiger partial charge is 0.459 e. The first kappa shape index (κ1) is 14.0. The highest BCUT2D eigenvalue weighted by Crippen LogP contribution is 2.17. The van der Waals surface area contributed by atoms with E-state index in [4.69, 9.17) is 4.74 Å². The number of rotatable bonds is 6. The fraction of sp³-hybridized carbons (Fsp3) is 0.333. The minimum atomic E-state index is -0.646. The summed E-state index contributed by atoms with van der Waals surface area (Å²) >= 11 is 0. The van der Waals surface area contributed by atoms with Crippen LogP contribution < -0.4 is 4.74 Å². The summed E-state index contributed by atoms with van der Waals surface area (Å²) in [6.45, 7) is 7.64. The first-order valence-corrected chi connectivity index (χ1v) is 5.50. The van der Waals surface area contributed by atoms with E-state index in [0.29, 0.717) is 0 Å². The van der Waals surface area contributed by atoms with Gasteiger partial charge in [-0.25, -0.2) is 9.37 Å². The molecule has 0 saturated heterocycles. The molecule has 0 N–H and O–H groups in total. The average Bonchev–Trinajstić information content (AvgIpc) is 2.39. The maximum Gasteiger partial charge on any atom is 0.318 e. The molecule has 0 aliphatic rings. The predicted molar refractivity (Wildman–Crippen MR) is 66.2 cm³/mol. The third kappa shape index (κ3) is 4.40. The van der Waals surface area contributed by atoms with E-state index in [2.05, 4.69) is 26.8 Å². The van der Waals surface area contributed by atoms with Crippen LogP contribution in [-0.2, 0) is 0 Å². The van der Waals surface area contributed by atoms with Crippen LogP contribution in [0.2, 0.25) is 0 Å². The molecule has 6 heteroatoms. The molecule has 1 aromatic heterocycles. The molecule has 1 aromatic rings. The predicted octanol–water partition coefficient (Wildman–Crippen LogP) is 3.58. The van der Waals surface area contributed by atoms with Crippen molar-refractivity contribution in [1.29, 1.82) is 0 Å². The lowest BCUT2D eigenvalue weighted by atomic mass is 10.3. The van der Waals surface area contributed by atoms with Crippen molar-refractivity contribution in [1.82, 2.24) is 9.97 Å². The molecule has 5 nitrogen and oxygen atoms in total. The first-order chi connectivity index (χ1) is 8.67. The van der Waals surface area contributed by atoms with E-state index >= 15 is 0 Å². The van der Waals surface area contributed by atoms with Crippen LogP contribution in [0.3, 0.4) is 0 Å². The summed E-state index contributed by atoms with van der Waals surface area (Å²) < 4.78 is 18.4. The fourth-order valence-electron chi connectivity index (χ4n) is 0.889. The highest BCUT2D eigenvalue weighted by atomic mass is 19.1. The number of hydrogen-bond acceptors (Lipinski definition) is 5. The van der Waals surface area contributed by atoms with Crippen molar-refractivity contribution in [3.63, 3.8) is 0 Å². The minimum Gasteiger partial charge on any atom is -0.459 e. The number of nitrogens with zero attached hydrogens (tertiary/aromatic N) is 4. The number of hydrogen-bond donors (Lipinski definition) is 0. The van der Waals surface area contributed by atoms with Gasteiger partial charge in [0.2, 0.25) is 5.82 Å². The van der Waals surface area contributed by atoms with Crippen molar-refractivity contribution in [2.24, 2.45) is 10.2 Å². The summed E-state index contributed by atoms with van der Waals surface area (Å²) in [6.07, 6.45) is 4.96. The Hall–Kier alpha value is -2.11. The molecule has 1 rings (SSSR count). The maximum absolute atomic E-state index is 13.3. The van der Waals surface area contributed by atoms with Crippen molar-refractivity contribution < 1.29 is 9.13 Å². The molecule has 0 spiro atoms. The van der Waals surface area contributed by atoms with Gasteiger partial charge in [-0.3, -0.25) is 0 Å². The van der Waals surface area contributed by atoms with Crippen LogP contribution in [0.1, 0.15) is 20.3 Å². The van der Waals surface area contributed by atoms with E-state index in [1.54, 1.807) is 12.3 Å². The normalized spacial score (nSPS) is 11.8. The monoisotopic (exact) mass is 250 g/mol. The zero-order chi connectivity index (χ0) is 13.4. The van der Waals surface area contributed by atoms with Crippen LogP contribution in [0.25, 0.3) is 0 Å². The second kappa shape index (κ2) is 7.26. The third-order valence-corrected chi connectivity index (χ3v) is 2.02. The molecule has 18 heavy (non-hydrogen) atoms. The van der Waals surface area contributed by atoms with Gasteiger partial charge in [-0.1, -0.05) is 25.2 Å². The second-order valence-electron chi connectivity index (χ2n) is 3.47. The van der Waals surface area contributed by atoms with Gasteiger partial charge in [-0.05, 0) is 13.3 Å². The van der Waals surface area contributed by atoms with Gasteiger partial charge in [-0.15, -0.1) is 5.11 Å². The van der Waals surface area contributed by atoms with Crippen molar-refractivity contribution in [2.75, 3.05) is 6.61 Å². The number of aromatic nitrogens is 2. The van der Waals surface area contributed by atoms with Crippen LogP contribution in [-0.4, -0.2) is 16.6 Å². The molecule has 0 aliphatic heterocycles. The summed E-state index contributed by atoms with van der Waals surface area (Å²) in [4.78, 5) is 7.45. The lowest BCUT2D eigenvalue weighted by Crippen LogP contribution is -1.98. The Morgan fingerprint density at radius 1 is 1.61 bits per heavy atom. The summed E-state index contributed by atoms with van der Waals surface area (Å²) in [5.41, 5.74) is 1.04. The Kier molecular flexibility index (Phi) is 5.63. The number of allylic oxidation sites excluding steroid dienone is 1. The molecule has 0 unspecified atom stereocenters. The summed E-state index contributed by atoms with van der Waals surface area (Å²) in [6, 6.07) is 0.0430. The average molecular weight is 250 g/mol. The number of azo groups is 1. The van der Waals surface area contributed by atoms with E-state index in [0.717, 1.165) is 18.2 Å². The van der Waals surface area contributed by atoms with Crippen LogP contribution in [0.4, 0.5) is 10.2 Å². The smallest absolute Gasteiger partial charge is 0.318 e. The van der Waals surface area contributed by atoms with Crippen LogP contribution in [0, 0.1) is 5.82 Å². The molecule has 0 radical (unpaired) electrons. The topological polar surface area (TPSA) is 59.7 Å². The summed E-state index contributed by atoms with van der Waals surface area (Å²) in [7, 11) is 0. The Morgan fingerprint density at radius 2 is 2.39 bits per heavy atom. The van der Waals surface area contributed by atoms with E-state index < -0.39 is 5.82 Å². The first-order valence-electron chi connectivity index (χ1n) is 5.50. The van der Waals surface area contributed by atoms with Crippen LogP contribution >= 0.6 is 0 Å². The number of ether oxygens (including phenoxy) is 1. The molecule has 0 amide bonds. The number of halogens is 1. The van der Waals surface area contributed by atoms with E-state index in [1.807, 2.05) is 13.8 Å². The summed E-state index contributed by atoms with van der Waals surface area (Å²) in [5.74, 6) is -0.795. The van der Waals surface area contributed by atoms with Gasteiger partial charge in [0.05, 0.1) is 6.20 Å². The van der Waals surface area contributed by atoms with Gasteiger partial charge in [0, 0.05) is 6.20 Å². The molecule has 0 fully saturated rings. The summed E-state index contributed by atoms with van der Waals surface area (Å²) in [5, 5.41) is 7.43. The molecular weight excluding hydrogens is 235 g/mol. The Morgan fingerprint density at radius 3 is 3.06 bits per heavy atom. The van der Waals surface area contributed by atoms with E-state index in [1.165, 1.54) is 0 Å². The molecule has 0 aliphatic carbocycles. The SMILES string of the molecule is C=CCOc1ncc(F)c(N=N/C=C(\C)CC)n1.